The average molecular weight is 301 g/mol. The van der Waals surface area contributed by atoms with Gasteiger partial charge in [0.25, 0.3) is 0 Å². The topological polar surface area (TPSA) is 44.7 Å². The first kappa shape index (κ1) is 17.2. The summed E-state index contributed by atoms with van der Waals surface area (Å²) >= 11 is 5.86. The van der Waals surface area contributed by atoms with Gasteiger partial charge >= 0.3 is 0 Å². The minimum Gasteiger partial charge on any atom is -0.491 e. The fraction of sp³-hybridized carbons (Fsp3) is 0.600. The van der Waals surface area contributed by atoms with Crippen molar-refractivity contribution in [1.29, 1.82) is 0 Å². The first-order valence-corrected chi connectivity index (χ1v) is 7.29. The minimum absolute atomic E-state index is 0.258. The maximum Gasteiger partial charge on any atom is 0.120 e. The van der Waals surface area contributed by atoms with Gasteiger partial charge in [-0.2, -0.15) is 0 Å². The number of aliphatic hydroxyl groups is 1. The lowest BCUT2D eigenvalue weighted by atomic mass is 10.2. The van der Waals surface area contributed by atoms with Crippen LogP contribution in [0.4, 0.5) is 0 Å². The van der Waals surface area contributed by atoms with Crippen LogP contribution >= 0.6 is 11.6 Å². The van der Waals surface area contributed by atoms with E-state index in [9.17, 15) is 5.11 Å². The molecule has 0 aliphatic carbocycles. The molecule has 0 aromatic heterocycles. The molecular formula is C15H25ClN2O2. The molecule has 1 aromatic rings. The molecule has 0 aliphatic rings. The number of rotatable bonds is 9. The largest absolute Gasteiger partial charge is 0.491 e. The highest BCUT2D eigenvalue weighted by atomic mass is 35.5. The predicted octanol–water partition coefficient (Wildman–Crippen LogP) is 2.01. The predicted molar refractivity (Wildman–Crippen MR) is 83.6 cm³/mol. The summed E-state index contributed by atoms with van der Waals surface area (Å²) in [5.41, 5.74) is 0. The van der Waals surface area contributed by atoms with Crippen molar-refractivity contribution in [3.63, 3.8) is 0 Å². The van der Waals surface area contributed by atoms with Crippen molar-refractivity contribution >= 4 is 11.6 Å². The van der Waals surface area contributed by atoms with E-state index in [0.29, 0.717) is 23.4 Å². The summed E-state index contributed by atoms with van der Waals surface area (Å²) in [6.45, 7) is 3.93. The van der Waals surface area contributed by atoms with Gasteiger partial charge < -0.3 is 20.1 Å². The molecular weight excluding hydrogens is 276 g/mol. The Morgan fingerprint density at radius 3 is 2.80 bits per heavy atom. The van der Waals surface area contributed by atoms with Crippen LogP contribution in [0, 0.1) is 0 Å². The Hall–Kier alpha value is -0.810. The van der Waals surface area contributed by atoms with Crippen molar-refractivity contribution in [2.75, 3.05) is 33.8 Å². The van der Waals surface area contributed by atoms with E-state index in [4.69, 9.17) is 16.3 Å². The molecule has 1 aromatic carbocycles. The molecule has 1 rings (SSSR count). The highest BCUT2D eigenvalue weighted by Gasteiger charge is 2.08. The van der Waals surface area contributed by atoms with Crippen LogP contribution in [-0.4, -0.2) is 55.9 Å². The molecule has 20 heavy (non-hydrogen) atoms. The lowest BCUT2D eigenvalue weighted by Crippen LogP contribution is -2.37. The SMILES string of the molecule is CC(CCN(C)C)NCC(O)COc1cccc(Cl)c1. The average Bonchev–Trinajstić information content (AvgIpc) is 2.40. The maximum atomic E-state index is 9.88. The number of ether oxygens (including phenoxy) is 1. The molecule has 0 aliphatic heterocycles. The standard InChI is InChI=1S/C15H25ClN2O2/c1-12(7-8-18(2)3)17-10-14(19)11-20-15-6-4-5-13(16)9-15/h4-6,9,12,14,17,19H,7-8,10-11H2,1-3H3. The first-order valence-electron chi connectivity index (χ1n) is 6.92. The van der Waals surface area contributed by atoms with Gasteiger partial charge in [0.05, 0.1) is 0 Å². The van der Waals surface area contributed by atoms with E-state index >= 15 is 0 Å². The lowest BCUT2D eigenvalue weighted by molar-refractivity contribution is 0.103. The van der Waals surface area contributed by atoms with Gasteiger partial charge in [-0.25, -0.2) is 0 Å². The zero-order valence-corrected chi connectivity index (χ0v) is 13.2. The van der Waals surface area contributed by atoms with E-state index in [0.717, 1.165) is 13.0 Å². The second-order valence-corrected chi connectivity index (χ2v) is 5.76. The lowest BCUT2D eigenvalue weighted by Gasteiger charge is -2.19. The second-order valence-electron chi connectivity index (χ2n) is 5.32. The summed E-state index contributed by atoms with van der Waals surface area (Å²) in [5.74, 6) is 0.678. The van der Waals surface area contributed by atoms with Crippen molar-refractivity contribution in [2.24, 2.45) is 0 Å². The molecule has 2 unspecified atom stereocenters. The smallest absolute Gasteiger partial charge is 0.120 e. The monoisotopic (exact) mass is 300 g/mol. The maximum absolute atomic E-state index is 9.88. The van der Waals surface area contributed by atoms with Gasteiger partial charge in [-0.1, -0.05) is 17.7 Å². The molecule has 0 saturated heterocycles. The van der Waals surface area contributed by atoms with Crippen LogP contribution in [0.25, 0.3) is 0 Å². The fourth-order valence-electron chi connectivity index (χ4n) is 1.70. The number of nitrogens with zero attached hydrogens (tertiary/aromatic N) is 1. The van der Waals surface area contributed by atoms with Gasteiger partial charge in [-0.05, 0) is 52.2 Å². The minimum atomic E-state index is -0.532. The molecule has 114 valence electrons. The quantitative estimate of drug-likeness (QED) is 0.732. The highest BCUT2D eigenvalue weighted by molar-refractivity contribution is 6.30. The van der Waals surface area contributed by atoms with Gasteiger partial charge in [0.1, 0.15) is 18.5 Å². The molecule has 4 nitrogen and oxygen atoms in total. The van der Waals surface area contributed by atoms with Crippen molar-refractivity contribution in [1.82, 2.24) is 10.2 Å². The highest BCUT2D eigenvalue weighted by Crippen LogP contribution is 2.17. The van der Waals surface area contributed by atoms with Crippen molar-refractivity contribution in [3.8, 4) is 5.75 Å². The summed E-state index contributed by atoms with van der Waals surface area (Å²) in [7, 11) is 4.11. The normalized spacial score (nSPS) is 14.3. The van der Waals surface area contributed by atoms with Gasteiger partial charge in [-0.3, -0.25) is 0 Å². The Bertz CT molecular complexity index is 388. The third-order valence-electron chi connectivity index (χ3n) is 2.95. The Labute approximate surface area is 126 Å². The third-order valence-corrected chi connectivity index (χ3v) is 3.18. The molecule has 0 spiro atoms. The number of nitrogens with one attached hydrogen (secondary N) is 1. The number of aliphatic hydroxyl groups excluding tert-OH is 1. The summed E-state index contributed by atoms with van der Waals surface area (Å²) in [6, 6.07) is 7.55. The van der Waals surface area contributed by atoms with Crippen molar-refractivity contribution < 1.29 is 9.84 Å². The van der Waals surface area contributed by atoms with Gasteiger partial charge in [0, 0.05) is 17.6 Å². The Morgan fingerprint density at radius 1 is 1.40 bits per heavy atom. The van der Waals surface area contributed by atoms with Crippen LogP contribution in [0.15, 0.2) is 24.3 Å². The molecule has 2 N–H and O–H groups in total. The Morgan fingerprint density at radius 2 is 2.15 bits per heavy atom. The summed E-state index contributed by atoms with van der Waals surface area (Å²) in [4.78, 5) is 2.15. The molecule has 0 saturated carbocycles. The van der Waals surface area contributed by atoms with Gasteiger partial charge in [-0.15, -0.1) is 0 Å². The molecule has 2 atom stereocenters. The molecule has 0 radical (unpaired) electrons. The van der Waals surface area contributed by atoms with Gasteiger partial charge in [0.15, 0.2) is 0 Å². The summed E-state index contributed by atoms with van der Waals surface area (Å²) in [6.07, 6.45) is 0.519. The first-order chi connectivity index (χ1) is 9.47. The van der Waals surface area contributed by atoms with Crippen molar-refractivity contribution in [3.05, 3.63) is 29.3 Å². The van der Waals surface area contributed by atoms with E-state index in [1.165, 1.54) is 0 Å². The van der Waals surface area contributed by atoms with E-state index in [1.807, 2.05) is 12.1 Å². The van der Waals surface area contributed by atoms with Crippen LogP contribution in [0.3, 0.4) is 0 Å². The third kappa shape index (κ3) is 7.70. The number of hydrogen-bond acceptors (Lipinski definition) is 4. The van der Waals surface area contributed by atoms with E-state index in [1.54, 1.807) is 12.1 Å². The van der Waals surface area contributed by atoms with E-state index in [2.05, 4.69) is 31.2 Å². The zero-order chi connectivity index (χ0) is 15.0. The van der Waals surface area contributed by atoms with Crippen LogP contribution in [0.2, 0.25) is 5.02 Å². The molecule has 0 amide bonds. The van der Waals surface area contributed by atoms with Crippen LogP contribution in [-0.2, 0) is 0 Å². The number of hydrogen-bond donors (Lipinski definition) is 2. The Balaban J connectivity index is 2.18. The van der Waals surface area contributed by atoms with E-state index < -0.39 is 6.10 Å². The van der Waals surface area contributed by atoms with Crippen LogP contribution < -0.4 is 10.1 Å². The molecule has 5 heteroatoms. The summed E-state index contributed by atoms with van der Waals surface area (Å²) < 4.78 is 5.50. The number of halogens is 1. The van der Waals surface area contributed by atoms with Gasteiger partial charge in [0.2, 0.25) is 0 Å². The number of benzene rings is 1. The fourth-order valence-corrected chi connectivity index (χ4v) is 1.88. The molecule has 0 heterocycles. The zero-order valence-electron chi connectivity index (χ0n) is 12.5. The molecule has 0 bridgehead atoms. The van der Waals surface area contributed by atoms with E-state index in [-0.39, 0.29) is 6.61 Å². The van der Waals surface area contributed by atoms with Crippen LogP contribution in [0.1, 0.15) is 13.3 Å². The second kappa shape index (κ2) is 9.19. The van der Waals surface area contributed by atoms with Crippen molar-refractivity contribution in [2.45, 2.75) is 25.5 Å². The van der Waals surface area contributed by atoms with Crippen LogP contribution in [0.5, 0.6) is 5.75 Å². The molecule has 0 fully saturated rings. The summed E-state index contributed by atoms with van der Waals surface area (Å²) in [5, 5.41) is 13.8. The Kier molecular flexibility index (Phi) is 7.92.